The van der Waals surface area contributed by atoms with Crippen molar-refractivity contribution in [2.75, 3.05) is 26.3 Å². The monoisotopic (exact) mass is 365 g/mol. The number of allylic oxidation sites excluding steroid dienone is 1. The molecule has 3 nitrogen and oxygen atoms in total. The molecule has 0 unspecified atom stereocenters. The van der Waals surface area contributed by atoms with E-state index in [1.165, 1.54) is 38.1 Å². The molecule has 1 aliphatic heterocycles. The number of hydrogen-bond donors (Lipinski definition) is 0. The highest BCUT2D eigenvalue weighted by atomic mass is 19.2. The highest BCUT2D eigenvalue weighted by Crippen LogP contribution is 2.32. The first-order valence-corrected chi connectivity index (χ1v) is 9.83. The summed E-state index contributed by atoms with van der Waals surface area (Å²) >= 11 is 0. The topological polar surface area (TPSA) is 21.7 Å². The Morgan fingerprint density at radius 1 is 1.00 bits per heavy atom. The molecule has 0 radical (unpaired) electrons. The van der Waals surface area contributed by atoms with Crippen LogP contribution in [0.25, 0.3) is 0 Å². The van der Waals surface area contributed by atoms with Gasteiger partial charge in [-0.05, 0) is 75.6 Å². The molecule has 1 saturated carbocycles. The molecular weight excluding hydrogens is 336 g/mol. The summed E-state index contributed by atoms with van der Waals surface area (Å²) in [5, 5.41) is 0. The van der Waals surface area contributed by atoms with Gasteiger partial charge < -0.3 is 14.4 Å². The molecule has 0 spiro atoms. The van der Waals surface area contributed by atoms with E-state index in [0.717, 1.165) is 25.7 Å². The smallest absolute Gasteiger partial charge is 0.204 e. The number of nitrogens with zero attached hydrogens (tertiary/aromatic N) is 1. The molecule has 26 heavy (non-hydrogen) atoms. The van der Waals surface area contributed by atoms with Gasteiger partial charge in [0.25, 0.3) is 0 Å². The molecule has 0 atom stereocenters. The van der Waals surface area contributed by atoms with Crippen LogP contribution in [0.4, 0.5) is 8.78 Å². The van der Waals surface area contributed by atoms with Crippen LogP contribution in [0.2, 0.25) is 0 Å². The van der Waals surface area contributed by atoms with Crippen molar-refractivity contribution < 1.29 is 18.3 Å². The molecule has 3 rings (SSSR count). The minimum absolute atomic E-state index is 0.0259. The summed E-state index contributed by atoms with van der Waals surface area (Å²) in [5.74, 6) is -0.991. The molecule has 5 heteroatoms. The molecule has 2 aliphatic rings. The second kappa shape index (κ2) is 9.24. The van der Waals surface area contributed by atoms with Gasteiger partial charge in [0.2, 0.25) is 11.6 Å². The largest absolute Gasteiger partial charge is 0.491 e. The van der Waals surface area contributed by atoms with Crippen molar-refractivity contribution >= 4 is 0 Å². The Hall–Kier alpha value is -1.78. The Morgan fingerprint density at radius 2 is 1.62 bits per heavy atom. The van der Waals surface area contributed by atoms with Gasteiger partial charge in [0.1, 0.15) is 0 Å². The van der Waals surface area contributed by atoms with Gasteiger partial charge in [0.05, 0.1) is 13.2 Å². The fraction of sp³-hybridized carbons (Fsp3) is 0.619. The molecule has 0 aromatic heterocycles. The highest BCUT2D eigenvalue weighted by molar-refractivity contribution is 5.35. The van der Waals surface area contributed by atoms with Crippen LogP contribution in [0.5, 0.6) is 11.5 Å². The lowest BCUT2D eigenvalue weighted by Gasteiger charge is -2.27. The fourth-order valence-corrected chi connectivity index (χ4v) is 3.78. The standard InChI is InChI=1S/C21H29F2NO2/c1-2-25-18-9-10-19(21(23)20(18)22)26-15-17-7-5-16(6-8-17)11-14-24-12-3-4-13-24/h9-11,14,16-17H,2-8,12-13,15H2,1H3. The van der Waals surface area contributed by atoms with Crippen molar-refractivity contribution in [3.05, 3.63) is 36.0 Å². The van der Waals surface area contributed by atoms with Gasteiger partial charge in [-0.25, -0.2) is 0 Å². The summed E-state index contributed by atoms with van der Waals surface area (Å²) < 4.78 is 38.6. The summed E-state index contributed by atoms with van der Waals surface area (Å²) in [5.41, 5.74) is 0. The quantitative estimate of drug-likeness (QED) is 0.666. The van der Waals surface area contributed by atoms with Gasteiger partial charge in [-0.15, -0.1) is 0 Å². The van der Waals surface area contributed by atoms with Gasteiger partial charge in [-0.3, -0.25) is 0 Å². The van der Waals surface area contributed by atoms with Gasteiger partial charge >= 0.3 is 0 Å². The van der Waals surface area contributed by atoms with Crippen LogP contribution in [0.15, 0.2) is 24.4 Å². The van der Waals surface area contributed by atoms with E-state index in [0.29, 0.717) is 25.0 Å². The molecule has 2 fully saturated rings. The summed E-state index contributed by atoms with van der Waals surface area (Å²) in [6, 6.07) is 2.88. The maximum Gasteiger partial charge on any atom is 0.204 e. The average molecular weight is 365 g/mol. The molecule has 1 aromatic rings. The van der Waals surface area contributed by atoms with Gasteiger partial charge in [0, 0.05) is 13.1 Å². The Kier molecular flexibility index (Phi) is 6.75. The molecule has 1 aromatic carbocycles. The number of halogens is 2. The second-order valence-corrected chi connectivity index (χ2v) is 7.30. The van der Waals surface area contributed by atoms with Crippen molar-refractivity contribution in [2.24, 2.45) is 11.8 Å². The van der Waals surface area contributed by atoms with E-state index in [9.17, 15) is 8.78 Å². The fourth-order valence-electron chi connectivity index (χ4n) is 3.78. The van der Waals surface area contributed by atoms with Gasteiger partial charge in [0.15, 0.2) is 11.5 Å². The number of likely N-dealkylation sites (tertiary alicyclic amines) is 1. The van der Waals surface area contributed by atoms with E-state index in [-0.39, 0.29) is 11.5 Å². The summed E-state index contributed by atoms with van der Waals surface area (Å²) in [4.78, 5) is 2.40. The van der Waals surface area contributed by atoms with Crippen LogP contribution in [0.1, 0.15) is 45.4 Å². The number of hydrogen-bond acceptors (Lipinski definition) is 3. The van der Waals surface area contributed by atoms with Gasteiger partial charge in [-0.1, -0.05) is 6.08 Å². The van der Waals surface area contributed by atoms with Crippen LogP contribution in [-0.4, -0.2) is 31.2 Å². The first kappa shape index (κ1) is 19.0. The third-order valence-corrected chi connectivity index (χ3v) is 5.39. The highest BCUT2D eigenvalue weighted by Gasteiger charge is 2.22. The van der Waals surface area contributed by atoms with E-state index in [1.54, 1.807) is 6.92 Å². The van der Waals surface area contributed by atoms with Crippen LogP contribution in [-0.2, 0) is 0 Å². The molecule has 0 amide bonds. The minimum Gasteiger partial charge on any atom is -0.491 e. The van der Waals surface area contributed by atoms with Crippen LogP contribution in [0.3, 0.4) is 0 Å². The SMILES string of the molecule is CCOc1ccc(OCC2CCC(C=CN3CCCC3)CC2)c(F)c1F. The molecule has 144 valence electrons. The maximum atomic E-state index is 14.1. The Balaban J connectivity index is 1.44. The lowest BCUT2D eigenvalue weighted by atomic mass is 9.82. The molecule has 0 N–H and O–H groups in total. The first-order valence-electron chi connectivity index (χ1n) is 9.83. The molecule has 1 saturated heterocycles. The average Bonchev–Trinajstić information content (AvgIpc) is 3.18. The Labute approximate surface area is 155 Å². The second-order valence-electron chi connectivity index (χ2n) is 7.30. The molecule has 0 bridgehead atoms. The summed E-state index contributed by atoms with van der Waals surface area (Å²) in [6.45, 7) is 4.84. The third kappa shape index (κ3) is 4.89. The van der Waals surface area contributed by atoms with E-state index < -0.39 is 11.6 Å². The summed E-state index contributed by atoms with van der Waals surface area (Å²) in [6.07, 6.45) is 11.6. The zero-order chi connectivity index (χ0) is 18.4. The van der Waals surface area contributed by atoms with E-state index in [1.807, 2.05) is 0 Å². The van der Waals surface area contributed by atoms with Crippen LogP contribution in [0, 0.1) is 23.5 Å². The first-order chi connectivity index (χ1) is 12.7. The van der Waals surface area contributed by atoms with Crippen molar-refractivity contribution in [1.29, 1.82) is 0 Å². The molecule has 1 aliphatic carbocycles. The van der Waals surface area contributed by atoms with Crippen molar-refractivity contribution in [3.63, 3.8) is 0 Å². The lowest BCUT2D eigenvalue weighted by molar-refractivity contribution is 0.186. The Morgan fingerprint density at radius 3 is 2.23 bits per heavy atom. The maximum absolute atomic E-state index is 14.1. The summed E-state index contributed by atoms with van der Waals surface area (Å²) in [7, 11) is 0. The normalized spacial score (nSPS) is 23.6. The molecule has 1 heterocycles. The number of benzene rings is 1. The van der Waals surface area contributed by atoms with Crippen LogP contribution >= 0.6 is 0 Å². The van der Waals surface area contributed by atoms with Crippen LogP contribution < -0.4 is 9.47 Å². The van der Waals surface area contributed by atoms with Crippen molar-refractivity contribution in [3.8, 4) is 11.5 Å². The predicted octanol–water partition coefficient (Wildman–Crippen LogP) is 5.16. The van der Waals surface area contributed by atoms with E-state index >= 15 is 0 Å². The lowest BCUT2D eigenvalue weighted by Crippen LogP contribution is -2.20. The zero-order valence-electron chi connectivity index (χ0n) is 15.6. The minimum atomic E-state index is -0.972. The predicted molar refractivity (Wildman–Crippen MR) is 98.4 cm³/mol. The van der Waals surface area contributed by atoms with E-state index in [4.69, 9.17) is 9.47 Å². The number of ether oxygens (including phenoxy) is 2. The third-order valence-electron chi connectivity index (χ3n) is 5.39. The zero-order valence-corrected chi connectivity index (χ0v) is 15.6. The van der Waals surface area contributed by atoms with E-state index in [2.05, 4.69) is 17.2 Å². The number of rotatable bonds is 7. The van der Waals surface area contributed by atoms with Crippen molar-refractivity contribution in [2.45, 2.75) is 45.4 Å². The van der Waals surface area contributed by atoms with Gasteiger partial charge in [-0.2, -0.15) is 8.78 Å². The molecular formula is C21H29F2NO2. The van der Waals surface area contributed by atoms with Crippen molar-refractivity contribution in [1.82, 2.24) is 4.90 Å². The Bertz CT molecular complexity index is 606.